The fourth-order valence-corrected chi connectivity index (χ4v) is 2.70. The van der Waals surface area contributed by atoms with E-state index < -0.39 is 0 Å². The normalized spacial score (nSPS) is 10.9. The number of rotatable bonds is 11. The van der Waals surface area contributed by atoms with Crippen molar-refractivity contribution in [3.63, 3.8) is 0 Å². The maximum absolute atomic E-state index is 8.56. The molecule has 0 saturated heterocycles. The van der Waals surface area contributed by atoms with E-state index in [0.717, 1.165) is 37.7 Å². The Hall–Kier alpha value is -0.690. The third-order valence-corrected chi connectivity index (χ3v) is 3.81. The summed E-state index contributed by atoms with van der Waals surface area (Å²) in [6.07, 6.45) is 2.91. The number of ether oxygens (including phenoxy) is 1. The van der Waals surface area contributed by atoms with Crippen LogP contribution in [0.15, 0.2) is 6.20 Å². The van der Waals surface area contributed by atoms with Crippen LogP contribution in [0.3, 0.4) is 0 Å². The maximum Gasteiger partial charge on any atom is 0.185 e. The second kappa shape index (κ2) is 10.1. The van der Waals surface area contributed by atoms with Gasteiger partial charge in [0.1, 0.15) is 0 Å². The van der Waals surface area contributed by atoms with Crippen LogP contribution >= 0.6 is 11.3 Å². The highest BCUT2D eigenvalue weighted by Gasteiger charge is 2.07. The second-order valence-corrected chi connectivity index (χ2v) is 5.24. The first-order valence-electron chi connectivity index (χ1n) is 6.90. The molecule has 0 aromatic carbocycles. The van der Waals surface area contributed by atoms with Gasteiger partial charge in [-0.15, -0.1) is 11.3 Å². The van der Waals surface area contributed by atoms with Crippen LogP contribution in [0.5, 0.6) is 0 Å². The van der Waals surface area contributed by atoms with E-state index in [-0.39, 0.29) is 6.61 Å². The van der Waals surface area contributed by atoms with E-state index in [1.54, 1.807) is 11.3 Å². The van der Waals surface area contributed by atoms with Crippen molar-refractivity contribution in [3.05, 3.63) is 11.1 Å². The smallest absolute Gasteiger partial charge is 0.185 e. The fraction of sp³-hybridized carbons (Fsp3) is 0.769. The number of hydrogen-bond acceptors (Lipinski definition) is 6. The van der Waals surface area contributed by atoms with E-state index >= 15 is 0 Å². The summed E-state index contributed by atoms with van der Waals surface area (Å²) < 4.78 is 5.19. The molecule has 0 aliphatic heterocycles. The number of aromatic nitrogens is 1. The molecule has 0 aliphatic rings. The van der Waals surface area contributed by atoms with Crippen LogP contribution in [0.4, 0.5) is 5.13 Å². The number of anilines is 1. The van der Waals surface area contributed by atoms with Crippen molar-refractivity contribution in [2.45, 2.75) is 26.8 Å². The van der Waals surface area contributed by atoms with Crippen molar-refractivity contribution in [2.75, 3.05) is 44.4 Å². The molecule has 1 aromatic heterocycles. The number of hydrogen-bond donors (Lipinski definition) is 2. The molecule has 2 N–H and O–H groups in total. The van der Waals surface area contributed by atoms with Crippen LogP contribution in [-0.2, 0) is 11.3 Å². The van der Waals surface area contributed by atoms with E-state index in [1.165, 1.54) is 4.88 Å². The lowest BCUT2D eigenvalue weighted by Gasteiger charge is -2.16. The third kappa shape index (κ3) is 6.33. The van der Waals surface area contributed by atoms with Gasteiger partial charge in [0.25, 0.3) is 0 Å². The summed E-state index contributed by atoms with van der Waals surface area (Å²) in [6, 6.07) is 0. The van der Waals surface area contributed by atoms with Gasteiger partial charge in [0.15, 0.2) is 5.13 Å². The van der Waals surface area contributed by atoms with Gasteiger partial charge in [0.2, 0.25) is 0 Å². The Balaban J connectivity index is 2.16. The van der Waals surface area contributed by atoms with E-state index in [1.807, 2.05) is 6.20 Å². The lowest BCUT2D eigenvalue weighted by molar-refractivity contribution is 0.0907. The van der Waals surface area contributed by atoms with Gasteiger partial charge >= 0.3 is 0 Å². The molecule has 0 fully saturated rings. The predicted octanol–water partition coefficient (Wildman–Crippen LogP) is 1.48. The summed E-state index contributed by atoms with van der Waals surface area (Å²) in [5, 5.41) is 13.0. The summed E-state index contributed by atoms with van der Waals surface area (Å²) in [5.41, 5.74) is 0. The van der Waals surface area contributed by atoms with Crippen LogP contribution in [-0.4, -0.2) is 49.5 Å². The summed E-state index contributed by atoms with van der Waals surface area (Å²) in [7, 11) is 0. The summed E-state index contributed by atoms with van der Waals surface area (Å²) in [6.45, 7) is 9.30. The molecule has 0 amide bonds. The van der Waals surface area contributed by atoms with Crippen LogP contribution < -0.4 is 10.2 Å². The average molecular weight is 287 g/mol. The van der Waals surface area contributed by atoms with Gasteiger partial charge in [-0.3, -0.25) is 0 Å². The molecule has 110 valence electrons. The number of thiazole rings is 1. The monoisotopic (exact) mass is 287 g/mol. The Morgan fingerprint density at radius 3 is 2.84 bits per heavy atom. The van der Waals surface area contributed by atoms with E-state index in [2.05, 4.69) is 29.0 Å². The van der Waals surface area contributed by atoms with Crippen LogP contribution in [0, 0.1) is 0 Å². The van der Waals surface area contributed by atoms with Gasteiger partial charge in [0, 0.05) is 37.3 Å². The molecule has 0 unspecified atom stereocenters. The highest BCUT2D eigenvalue weighted by atomic mass is 32.1. The maximum atomic E-state index is 8.56. The molecule has 1 aromatic rings. The fourth-order valence-electron chi connectivity index (χ4n) is 1.70. The summed E-state index contributed by atoms with van der Waals surface area (Å²) in [5.74, 6) is 0. The first kappa shape index (κ1) is 16.4. The van der Waals surface area contributed by atoms with Gasteiger partial charge in [-0.1, -0.05) is 0 Å². The molecule has 0 aliphatic carbocycles. The summed E-state index contributed by atoms with van der Waals surface area (Å²) in [4.78, 5) is 7.97. The molecule has 19 heavy (non-hydrogen) atoms. The molecule has 0 spiro atoms. The molecule has 1 rings (SSSR count). The van der Waals surface area contributed by atoms with Crippen molar-refractivity contribution in [3.8, 4) is 0 Å². The zero-order valence-electron chi connectivity index (χ0n) is 11.9. The first-order valence-corrected chi connectivity index (χ1v) is 7.72. The molecule has 0 bridgehead atoms. The van der Waals surface area contributed by atoms with Crippen molar-refractivity contribution in [1.82, 2.24) is 10.3 Å². The minimum absolute atomic E-state index is 0.0996. The van der Waals surface area contributed by atoms with Crippen molar-refractivity contribution < 1.29 is 9.84 Å². The van der Waals surface area contributed by atoms with Crippen molar-refractivity contribution >= 4 is 16.5 Å². The highest BCUT2D eigenvalue weighted by molar-refractivity contribution is 7.15. The predicted molar refractivity (Wildman–Crippen MR) is 79.9 cm³/mol. The second-order valence-electron chi connectivity index (χ2n) is 4.15. The third-order valence-electron chi connectivity index (χ3n) is 2.75. The summed E-state index contributed by atoms with van der Waals surface area (Å²) >= 11 is 1.75. The average Bonchev–Trinajstić information content (AvgIpc) is 2.88. The van der Waals surface area contributed by atoms with E-state index in [4.69, 9.17) is 9.84 Å². The molecule has 6 heteroatoms. The van der Waals surface area contributed by atoms with Crippen LogP contribution in [0.1, 0.15) is 25.1 Å². The Morgan fingerprint density at radius 2 is 2.16 bits per heavy atom. The van der Waals surface area contributed by atoms with Gasteiger partial charge in [0.05, 0.1) is 13.2 Å². The van der Waals surface area contributed by atoms with Gasteiger partial charge in [-0.05, 0) is 26.8 Å². The number of aliphatic hydroxyl groups excluding tert-OH is 1. The topological polar surface area (TPSA) is 57.6 Å². The van der Waals surface area contributed by atoms with E-state index in [0.29, 0.717) is 13.2 Å². The first-order chi connectivity index (χ1) is 9.31. The molecule has 0 radical (unpaired) electrons. The van der Waals surface area contributed by atoms with Crippen molar-refractivity contribution in [1.29, 1.82) is 0 Å². The zero-order chi connectivity index (χ0) is 13.9. The van der Waals surface area contributed by atoms with Crippen LogP contribution in [0.2, 0.25) is 0 Å². The molecule has 0 saturated carbocycles. The van der Waals surface area contributed by atoms with Gasteiger partial charge < -0.3 is 20.1 Å². The standard InChI is InChI=1S/C13H25N3O2S/c1-3-16(4-2)13-15-11-12(19-13)10-14-6-5-8-18-9-7-17/h11,14,17H,3-10H2,1-2H3. The largest absolute Gasteiger partial charge is 0.394 e. The number of aliphatic hydroxyl groups is 1. The number of nitrogens with zero attached hydrogens (tertiary/aromatic N) is 2. The molecular weight excluding hydrogens is 262 g/mol. The van der Waals surface area contributed by atoms with Crippen LogP contribution in [0.25, 0.3) is 0 Å². The van der Waals surface area contributed by atoms with Crippen molar-refractivity contribution in [2.24, 2.45) is 0 Å². The molecule has 1 heterocycles. The Morgan fingerprint density at radius 1 is 1.37 bits per heavy atom. The quantitative estimate of drug-likeness (QED) is 0.604. The van der Waals surface area contributed by atoms with Gasteiger partial charge in [-0.25, -0.2) is 4.98 Å². The highest BCUT2D eigenvalue weighted by Crippen LogP contribution is 2.21. The Bertz CT molecular complexity index is 329. The lowest BCUT2D eigenvalue weighted by Crippen LogP contribution is -2.21. The molecular formula is C13H25N3O2S. The Labute approximate surface area is 119 Å². The number of nitrogens with one attached hydrogen (secondary N) is 1. The molecule has 5 nitrogen and oxygen atoms in total. The SMILES string of the molecule is CCN(CC)c1ncc(CNCCCOCCO)s1. The lowest BCUT2D eigenvalue weighted by atomic mass is 10.4. The minimum Gasteiger partial charge on any atom is -0.394 e. The van der Waals surface area contributed by atoms with E-state index in [9.17, 15) is 0 Å². The molecule has 0 atom stereocenters. The minimum atomic E-state index is 0.0996. The van der Waals surface area contributed by atoms with Gasteiger partial charge in [-0.2, -0.15) is 0 Å². The Kier molecular flexibility index (Phi) is 8.73. The zero-order valence-corrected chi connectivity index (χ0v) is 12.7.